The number of nitrogens with one attached hydrogen (secondary N) is 2. The summed E-state index contributed by atoms with van der Waals surface area (Å²) in [6.07, 6.45) is 2.91. The Balaban J connectivity index is 2.38. The van der Waals surface area contributed by atoms with E-state index in [9.17, 15) is 4.79 Å². The average Bonchev–Trinajstić information content (AvgIpc) is 2.11. The second-order valence-corrected chi connectivity index (χ2v) is 4.24. The fourth-order valence-corrected chi connectivity index (χ4v) is 1.71. The number of rotatable bonds is 5. The zero-order valence-electron chi connectivity index (χ0n) is 8.97. The van der Waals surface area contributed by atoms with E-state index in [2.05, 4.69) is 10.6 Å². The predicted molar refractivity (Wildman–Crippen MR) is 54.9 cm³/mol. The second kappa shape index (κ2) is 4.75. The molecular formula is C10H20N2O2. The molecule has 1 fully saturated rings. The largest absolute Gasteiger partial charge is 0.394 e. The first-order chi connectivity index (χ1) is 6.63. The molecule has 1 amide bonds. The molecule has 0 aromatic carbocycles. The van der Waals surface area contributed by atoms with Crippen LogP contribution in [0.2, 0.25) is 0 Å². The van der Waals surface area contributed by atoms with Crippen LogP contribution in [0, 0.1) is 5.92 Å². The molecule has 1 rings (SSSR count). The van der Waals surface area contributed by atoms with E-state index in [1.54, 1.807) is 0 Å². The van der Waals surface area contributed by atoms with Crippen molar-refractivity contribution in [3.05, 3.63) is 0 Å². The molecule has 0 aromatic heterocycles. The van der Waals surface area contributed by atoms with E-state index in [0.29, 0.717) is 6.54 Å². The summed E-state index contributed by atoms with van der Waals surface area (Å²) in [5, 5.41) is 15.1. The SMILES string of the molecule is CNCC(C)C(=O)NC1(CO)CCC1. The van der Waals surface area contributed by atoms with Gasteiger partial charge in [-0.1, -0.05) is 6.92 Å². The number of hydrogen-bond donors (Lipinski definition) is 3. The number of hydrogen-bond acceptors (Lipinski definition) is 3. The Labute approximate surface area is 85.1 Å². The third-order valence-corrected chi connectivity index (χ3v) is 2.96. The van der Waals surface area contributed by atoms with Gasteiger partial charge in [0.2, 0.25) is 5.91 Å². The summed E-state index contributed by atoms with van der Waals surface area (Å²) >= 11 is 0. The van der Waals surface area contributed by atoms with Crippen molar-refractivity contribution in [1.82, 2.24) is 10.6 Å². The molecule has 4 heteroatoms. The Morgan fingerprint density at radius 1 is 1.57 bits per heavy atom. The Bertz CT molecular complexity index is 197. The molecule has 1 aliphatic rings. The highest BCUT2D eigenvalue weighted by molar-refractivity contribution is 5.79. The lowest BCUT2D eigenvalue weighted by molar-refractivity contribution is -0.128. The molecule has 0 aliphatic heterocycles. The number of amides is 1. The smallest absolute Gasteiger partial charge is 0.224 e. The third kappa shape index (κ3) is 2.45. The van der Waals surface area contributed by atoms with Gasteiger partial charge in [-0.25, -0.2) is 0 Å². The minimum Gasteiger partial charge on any atom is -0.394 e. The minimum absolute atomic E-state index is 0.0353. The number of aliphatic hydroxyl groups excluding tert-OH is 1. The van der Waals surface area contributed by atoms with Gasteiger partial charge in [0, 0.05) is 12.5 Å². The van der Waals surface area contributed by atoms with Gasteiger partial charge in [-0.2, -0.15) is 0 Å². The van der Waals surface area contributed by atoms with E-state index in [1.165, 1.54) is 0 Å². The molecule has 14 heavy (non-hydrogen) atoms. The maximum Gasteiger partial charge on any atom is 0.224 e. The Kier molecular flexibility index (Phi) is 3.89. The van der Waals surface area contributed by atoms with E-state index >= 15 is 0 Å². The Hall–Kier alpha value is -0.610. The summed E-state index contributed by atoms with van der Waals surface area (Å²) < 4.78 is 0. The number of carbonyl (C=O) groups excluding carboxylic acids is 1. The van der Waals surface area contributed by atoms with Crippen LogP contribution in [0.4, 0.5) is 0 Å². The lowest BCUT2D eigenvalue weighted by Crippen LogP contribution is -2.57. The number of carbonyl (C=O) groups is 1. The monoisotopic (exact) mass is 200 g/mol. The first-order valence-corrected chi connectivity index (χ1v) is 5.21. The third-order valence-electron chi connectivity index (χ3n) is 2.96. The van der Waals surface area contributed by atoms with Crippen molar-refractivity contribution in [3.8, 4) is 0 Å². The molecule has 0 bridgehead atoms. The van der Waals surface area contributed by atoms with Gasteiger partial charge >= 0.3 is 0 Å². The fourth-order valence-electron chi connectivity index (χ4n) is 1.71. The Morgan fingerprint density at radius 2 is 2.21 bits per heavy atom. The van der Waals surface area contributed by atoms with Crippen molar-refractivity contribution in [2.45, 2.75) is 31.7 Å². The van der Waals surface area contributed by atoms with E-state index in [-0.39, 0.29) is 24.0 Å². The molecule has 0 heterocycles. The zero-order valence-corrected chi connectivity index (χ0v) is 8.97. The van der Waals surface area contributed by atoms with E-state index < -0.39 is 0 Å². The summed E-state index contributed by atoms with van der Waals surface area (Å²) in [6, 6.07) is 0. The van der Waals surface area contributed by atoms with E-state index in [1.807, 2.05) is 14.0 Å². The van der Waals surface area contributed by atoms with Crippen LogP contribution in [0.15, 0.2) is 0 Å². The van der Waals surface area contributed by atoms with Crippen molar-refractivity contribution in [1.29, 1.82) is 0 Å². The van der Waals surface area contributed by atoms with Crippen LogP contribution in [-0.4, -0.2) is 36.8 Å². The molecule has 0 spiro atoms. The van der Waals surface area contributed by atoms with Gasteiger partial charge in [0.15, 0.2) is 0 Å². The average molecular weight is 200 g/mol. The highest BCUT2D eigenvalue weighted by atomic mass is 16.3. The minimum atomic E-state index is -0.306. The predicted octanol–water partition coefficient (Wildman–Crippen LogP) is -0.127. The molecular weight excluding hydrogens is 180 g/mol. The fraction of sp³-hybridized carbons (Fsp3) is 0.900. The highest BCUT2D eigenvalue weighted by Gasteiger charge is 2.38. The number of aliphatic hydroxyl groups is 1. The highest BCUT2D eigenvalue weighted by Crippen LogP contribution is 2.31. The maximum absolute atomic E-state index is 11.6. The van der Waals surface area contributed by atoms with E-state index in [0.717, 1.165) is 19.3 Å². The lowest BCUT2D eigenvalue weighted by Gasteiger charge is -2.41. The maximum atomic E-state index is 11.6. The van der Waals surface area contributed by atoms with Crippen LogP contribution in [-0.2, 0) is 4.79 Å². The van der Waals surface area contributed by atoms with E-state index in [4.69, 9.17) is 5.11 Å². The molecule has 82 valence electrons. The van der Waals surface area contributed by atoms with Crippen LogP contribution < -0.4 is 10.6 Å². The van der Waals surface area contributed by atoms with Crippen molar-refractivity contribution < 1.29 is 9.90 Å². The van der Waals surface area contributed by atoms with Crippen molar-refractivity contribution in [2.24, 2.45) is 5.92 Å². The molecule has 1 unspecified atom stereocenters. The first kappa shape index (κ1) is 11.5. The molecule has 1 saturated carbocycles. The summed E-state index contributed by atoms with van der Waals surface area (Å²) in [5.41, 5.74) is -0.306. The summed E-state index contributed by atoms with van der Waals surface area (Å²) in [6.45, 7) is 2.62. The zero-order chi connectivity index (χ0) is 10.6. The van der Waals surface area contributed by atoms with Gasteiger partial charge in [0.05, 0.1) is 12.1 Å². The van der Waals surface area contributed by atoms with Gasteiger partial charge < -0.3 is 15.7 Å². The van der Waals surface area contributed by atoms with Crippen molar-refractivity contribution in [2.75, 3.05) is 20.2 Å². The van der Waals surface area contributed by atoms with Gasteiger partial charge in [0.25, 0.3) is 0 Å². The van der Waals surface area contributed by atoms with Crippen molar-refractivity contribution in [3.63, 3.8) is 0 Å². The molecule has 0 radical (unpaired) electrons. The summed E-state index contributed by atoms with van der Waals surface area (Å²) in [5.74, 6) is -0.00266. The quantitative estimate of drug-likeness (QED) is 0.579. The molecule has 0 saturated heterocycles. The van der Waals surface area contributed by atoms with Crippen LogP contribution >= 0.6 is 0 Å². The lowest BCUT2D eigenvalue weighted by atomic mass is 9.77. The molecule has 1 atom stereocenters. The van der Waals surface area contributed by atoms with Crippen LogP contribution in [0.1, 0.15) is 26.2 Å². The molecule has 1 aliphatic carbocycles. The van der Waals surface area contributed by atoms with Gasteiger partial charge in [-0.05, 0) is 26.3 Å². The molecule has 3 N–H and O–H groups in total. The molecule has 0 aromatic rings. The van der Waals surface area contributed by atoms with Gasteiger partial charge in [0.1, 0.15) is 0 Å². The second-order valence-electron chi connectivity index (χ2n) is 4.24. The summed E-state index contributed by atoms with van der Waals surface area (Å²) in [7, 11) is 1.83. The van der Waals surface area contributed by atoms with Crippen LogP contribution in [0.25, 0.3) is 0 Å². The van der Waals surface area contributed by atoms with Crippen molar-refractivity contribution >= 4 is 5.91 Å². The topological polar surface area (TPSA) is 61.4 Å². The van der Waals surface area contributed by atoms with Crippen LogP contribution in [0.5, 0.6) is 0 Å². The van der Waals surface area contributed by atoms with Crippen LogP contribution in [0.3, 0.4) is 0 Å². The molecule has 4 nitrogen and oxygen atoms in total. The Morgan fingerprint density at radius 3 is 2.57 bits per heavy atom. The summed E-state index contributed by atoms with van der Waals surface area (Å²) in [4.78, 5) is 11.6. The van der Waals surface area contributed by atoms with Gasteiger partial charge in [-0.15, -0.1) is 0 Å². The first-order valence-electron chi connectivity index (χ1n) is 5.21. The van der Waals surface area contributed by atoms with Gasteiger partial charge in [-0.3, -0.25) is 4.79 Å². The standard InChI is InChI=1S/C10H20N2O2/c1-8(6-11-2)9(14)12-10(7-13)4-3-5-10/h8,11,13H,3-7H2,1-2H3,(H,12,14). The normalized spacial score (nSPS) is 21.1.